The fraction of sp³-hybridized carbons (Fsp3) is 0.154. The lowest BCUT2D eigenvalue weighted by atomic mass is 10.1. The number of aryl methyl sites for hydroxylation is 1. The summed E-state index contributed by atoms with van der Waals surface area (Å²) >= 11 is 0. The Labute approximate surface area is 203 Å². The molecule has 0 saturated heterocycles. The Hall–Kier alpha value is -4.66. The van der Waals surface area contributed by atoms with Gasteiger partial charge in [-0.25, -0.2) is 9.97 Å². The number of hydrogen-bond donors (Lipinski definition) is 2. The monoisotopic (exact) mass is 467 g/mol. The van der Waals surface area contributed by atoms with Crippen molar-refractivity contribution in [3.05, 3.63) is 101 Å². The summed E-state index contributed by atoms with van der Waals surface area (Å²) in [5.41, 5.74) is 3.73. The second-order valence-corrected chi connectivity index (χ2v) is 7.81. The number of nitro groups is 1. The molecule has 2 N–H and O–H groups in total. The topological polar surface area (TPSA) is 118 Å². The zero-order chi connectivity index (χ0) is 24.5. The Kier molecular flexibility index (Phi) is 7.70. The Bertz CT molecular complexity index is 1290. The van der Waals surface area contributed by atoms with Crippen molar-refractivity contribution < 1.29 is 4.92 Å². The lowest BCUT2D eigenvalue weighted by molar-refractivity contribution is -0.383. The van der Waals surface area contributed by atoms with Crippen LogP contribution in [0.15, 0.2) is 95.4 Å². The molecule has 0 aliphatic carbocycles. The summed E-state index contributed by atoms with van der Waals surface area (Å²) in [7, 11) is 0. The maximum Gasteiger partial charge on any atom is 0.353 e. The van der Waals surface area contributed by atoms with E-state index in [2.05, 4.69) is 37.8 Å². The molecule has 9 heteroatoms. The van der Waals surface area contributed by atoms with Gasteiger partial charge in [0.2, 0.25) is 11.6 Å². The Balaban J connectivity index is 1.49. The van der Waals surface area contributed by atoms with Crippen molar-refractivity contribution in [1.29, 1.82) is 0 Å². The number of nitrogens with one attached hydrogen (secondary N) is 2. The van der Waals surface area contributed by atoms with E-state index in [1.54, 1.807) is 24.3 Å². The normalized spacial score (nSPS) is 10.9. The molecule has 9 nitrogen and oxygen atoms in total. The second-order valence-electron chi connectivity index (χ2n) is 7.81. The zero-order valence-electron chi connectivity index (χ0n) is 19.3. The number of rotatable bonds is 10. The predicted molar refractivity (Wildman–Crippen MR) is 137 cm³/mol. The number of benzene rings is 3. The molecule has 0 unspecified atom stereocenters. The highest BCUT2D eigenvalue weighted by Gasteiger charge is 2.23. The van der Waals surface area contributed by atoms with E-state index in [1.807, 2.05) is 54.6 Å². The summed E-state index contributed by atoms with van der Waals surface area (Å²) in [6.07, 6.45) is 4.54. The van der Waals surface area contributed by atoms with Crippen LogP contribution in [-0.2, 0) is 6.42 Å². The van der Waals surface area contributed by atoms with Gasteiger partial charge in [0.25, 0.3) is 0 Å². The van der Waals surface area contributed by atoms with Gasteiger partial charge in [0.05, 0.1) is 16.3 Å². The molecule has 0 spiro atoms. The summed E-state index contributed by atoms with van der Waals surface area (Å²) in [5.74, 6) is 0.202. The average Bonchev–Trinajstić information content (AvgIpc) is 2.88. The van der Waals surface area contributed by atoms with E-state index in [9.17, 15) is 10.1 Å². The summed E-state index contributed by atoms with van der Waals surface area (Å²) < 4.78 is 0. The number of aromatic nitrogens is 2. The minimum atomic E-state index is -0.497. The van der Waals surface area contributed by atoms with E-state index in [4.69, 9.17) is 0 Å². The third-order valence-corrected chi connectivity index (χ3v) is 5.21. The number of unbranched alkanes of at least 4 members (excludes halogenated alkanes) is 1. The second kappa shape index (κ2) is 11.5. The van der Waals surface area contributed by atoms with Crippen LogP contribution in [0.5, 0.6) is 0 Å². The first-order chi connectivity index (χ1) is 17.1. The highest BCUT2D eigenvalue weighted by Crippen LogP contribution is 2.33. The summed E-state index contributed by atoms with van der Waals surface area (Å²) in [4.78, 5) is 19.6. The van der Waals surface area contributed by atoms with Gasteiger partial charge in [-0.1, -0.05) is 43.7 Å². The predicted octanol–water partition coefficient (Wildman–Crippen LogP) is 7.63. The van der Waals surface area contributed by atoms with Crippen molar-refractivity contribution in [1.82, 2.24) is 9.97 Å². The van der Waals surface area contributed by atoms with Crippen LogP contribution < -0.4 is 10.6 Å². The molecular weight excluding hydrogens is 442 g/mol. The molecule has 0 saturated carbocycles. The molecule has 1 aromatic heterocycles. The highest BCUT2D eigenvalue weighted by atomic mass is 16.6. The van der Waals surface area contributed by atoms with Gasteiger partial charge in [0.15, 0.2) is 0 Å². The van der Waals surface area contributed by atoms with Gasteiger partial charge in [-0.15, -0.1) is 0 Å². The number of anilines is 4. The SMILES string of the molecule is CCCCc1ccc(Nc2ncnc(Nc3ccc(N=Nc4ccccc4)cc3)c2[N+](=O)[O-])cc1. The summed E-state index contributed by atoms with van der Waals surface area (Å²) in [5, 5.41) is 26.3. The van der Waals surface area contributed by atoms with Crippen molar-refractivity contribution in [3.8, 4) is 0 Å². The van der Waals surface area contributed by atoms with Crippen molar-refractivity contribution in [2.24, 2.45) is 10.2 Å². The van der Waals surface area contributed by atoms with Gasteiger partial charge in [-0.3, -0.25) is 10.1 Å². The molecule has 35 heavy (non-hydrogen) atoms. The third kappa shape index (κ3) is 6.44. The Morgan fingerprint density at radius 3 is 1.89 bits per heavy atom. The molecule has 1 heterocycles. The molecular formula is C26H25N7O2. The van der Waals surface area contributed by atoms with Crippen molar-refractivity contribution >= 4 is 40.1 Å². The van der Waals surface area contributed by atoms with E-state index in [0.717, 1.165) is 24.9 Å². The van der Waals surface area contributed by atoms with Gasteiger partial charge >= 0.3 is 5.69 Å². The maximum absolute atomic E-state index is 11.9. The van der Waals surface area contributed by atoms with Crippen LogP contribution in [0, 0.1) is 10.1 Å². The molecule has 0 atom stereocenters. The van der Waals surface area contributed by atoms with E-state index in [0.29, 0.717) is 17.1 Å². The first-order valence-electron chi connectivity index (χ1n) is 11.3. The first-order valence-corrected chi connectivity index (χ1v) is 11.3. The molecule has 0 bridgehead atoms. The van der Waals surface area contributed by atoms with Crippen molar-refractivity contribution in [3.63, 3.8) is 0 Å². The molecule has 0 radical (unpaired) electrons. The van der Waals surface area contributed by atoms with E-state index in [-0.39, 0.29) is 17.3 Å². The standard InChI is InChI=1S/C26H25N7O2/c1-2-3-7-19-10-12-20(13-11-19)29-25-24(33(34)35)26(28-18-27-25)30-21-14-16-23(17-15-21)32-31-22-8-5-4-6-9-22/h4-6,8-18H,2-3,7H2,1H3,(H2,27,28,29,30). The molecule has 3 aromatic carbocycles. The highest BCUT2D eigenvalue weighted by molar-refractivity contribution is 5.77. The van der Waals surface area contributed by atoms with Crippen LogP contribution in [0.3, 0.4) is 0 Å². The van der Waals surface area contributed by atoms with Crippen LogP contribution in [0.1, 0.15) is 25.3 Å². The van der Waals surface area contributed by atoms with Crippen molar-refractivity contribution in [2.75, 3.05) is 10.6 Å². The maximum atomic E-state index is 11.9. The Morgan fingerprint density at radius 2 is 1.34 bits per heavy atom. The van der Waals surface area contributed by atoms with E-state index in [1.165, 1.54) is 11.9 Å². The van der Waals surface area contributed by atoms with Crippen LogP contribution in [0.2, 0.25) is 0 Å². The van der Waals surface area contributed by atoms with Crippen LogP contribution in [0.4, 0.5) is 40.1 Å². The molecule has 0 amide bonds. The summed E-state index contributed by atoms with van der Waals surface area (Å²) in [6.45, 7) is 2.15. The largest absolute Gasteiger partial charge is 0.353 e. The van der Waals surface area contributed by atoms with Crippen LogP contribution in [-0.4, -0.2) is 14.9 Å². The van der Waals surface area contributed by atoms with Crippen LogP contribution in [0.25, 0.3) is 0 Å². The average molecular weight is 468 g/mol. The molecule has 0 aliphatic heterocycles. The van der Waals surface area contributed by atoms with Gasteiger partial charge in [-0.05, 0) is 66.9 Å². The fourth-order valence-electron chi connectivity index (χ4n) is 3.37. The minimum absolute atomic E-state index is 0.0886. The molecule has 4 rings (SSSR count). The van der Waals surface area contributed by atoms with E-state index < -0.39 is 4.92 Å². The lowest BCUT2D eigenvalue weighted by Gasteiger charge is -2.11. The number of azo groups is 1. The third-order valence-electron chi connectivity index (χ3n) is 5.21. The molecule has 0 fully saturated rings. The first kappa shape index (κ1) is 23.5. The zero-order valence-corrected chi connectivity index (χ0v) is 19.3. The summed E-state index contributed by atoms with van der Waals surface area (Å²) in [6, 6.07) is 24.3. The van der Waals surface area contributed by atoms with Gasteiger partial charge < -0.3 is 10.6 Å². The molecule has 0 aliphatic rings. The quantitative estimate of drug-likeness (QED) is 0.141. The lowest BCUT2D eigenvalue weighted by Crippen LogP contribution is -2.05. The fourth-order valence-corrected chi connectivity index (χ4v) is 3.37. The Morgan fingerprint density at radius 1 is 0.800 bits per heavy atom. The van der Waals surface area contributed by atoms with Gasteiger partial charge in [-0.2, -0.15) is 10.2 Å². The van der Waals surface area contributed by atoms with Crippen molar-refractivity contribution in [2.45, 2.75) is 26.2 Å². The van der Waals surface area contributed by atoms with E-state index >= 15 is 0 Å². The number of hydrogen-bond acceptors (Lipinski definition) is 8. The smallest absolute Gasteiger partial charge is 0.334 e. The minimum Gasteiger partial charge on any atom is -0.334 e. The number of nitrogens with zero attached hydrogens (tertiary/aromatic N) is 5. The molecule has 176 valence electrons. The van der Waals surface area contributed by atoms with Crippen LogP contribution >= 0.6 is 0 Å². The molecule has 4 aromatic rings. The van der Waals surface area contributed by atoms with Gasteiger partial charge in [0, 0.05) is 11.4 Å². The van der Waals surface area contributed by atoms with Gasteiger partial charge in [0.1, 0.15) is 6.33 Å².